The second-order valence-electron chi connectivity index (χ2n) is 8.36. The molecule has 2 aliphatic rings. The molecule has 1 fully saturated rings. The van der Waals surface area contributed by atoms with E-state index in [2.05, 4.69) is 22.8 Å². The Kier molecular flexibility index (Phi) is 6.71. The Morgan fingerprint density at radius 2 is 1.97 bits per heavy atom. The molecule has 0 spiro atoms. The van der Waals surface area contributed by atoms with E-state index < -0.39 is 18.6 Å². The molecular formula is C24H28F3N3O2. The largest absolute Gasteiger partial charge is 0.496 e. The van der Waals surface area contributed by atoms with Gasteiger partial charge in [0.2, 0.25) is 5.91 Å². The van der Waals surface area contributed by atoms with Crippen LogP contribution < -0.4 is 20.3 Å². The third-order valence-corrected chi connectivity index (χ3v) is 6.19. The number of carbonyl (C=O) groups excluding carboxylic acids is 1. The first-order valence-electron chi connectivity index (χ1n) is 10.9. The van der Waals surface area contributed by atoms with Crippen LogP contribution in [0.2, 0.25) is 0 Å². The average Bonchev–Trinajstić information content (AvgIpc) is 2.79. The van der Waals surface area contributed by atoms with Crippen molar-refractivity contribution < 1.29 is 22.7 Å². The van der Waals surface area contributed by atoms with E-state index in [1.165, 1.54) is 5.56 Å². The third-order valence-electron chi connectivity index (χ3n) is 6.19. The smallest absolute Gasteiger partial charge is 0.406 e. The van der Waals surface area contributed by atoms with Crippen molar-refractivity contribution >= 4 is 11.6 Å². The maximum atomic E-state index is 13.1. The number of ether oxygens (including phenoxy) is 1. The number of nitrogens with zero attached hydrogens (tertiary/aromatic N) is 1. The highest BCUT2D eigenvalue weighted by molar-refractivity contribution is 5.96. The molecule has 1 amide bonds. The molecule has 0 bridgehead atoms. The van der Waals surface area contributed by atoms with Crippen LogP contribution in [0.15, 0.2) is 42.5 Å². The van der Waals surface area contributed by atoms with Gasteiger partial charge in [-0.3, -0.25) is 4.79 Å². The molecule has 2 atom stereocenters. The zero-order chi connectivity index (χ0) is 22.7. The fourth-order valence-corrected chi connectivity index (χ4v) is 4.66. The second kappa shape index (κ2) is 9.50. The number of alkyl halides is 3. The lowest BCUT2D eigenvalue weighted by atomic mass is 9.92. The summed E-state index contributed by atoms with van der Waals surface area (Å²) in [5.41, 5.74) is 2.98. The molecule has 4 rings (SSSR count). The molecule has 0 saturated carbocycles. The molecule has 0 aromatic heterocycles. The van der Waals surface area contributed by atoms with Crippen molar-refractivity contribution in [1.82, 2.24) is 10.6 Å². The number of piperidine rings is 1. The van der Waals surface area contributed by atoms with Crippen LogP contribution in [0.25, 0.3) is 0 Å². The molecule has 1 saturated heterocycles. The molecule has 0 unspecified atom stereocenters. The van der Waals surface area contributed by atoms with Crippen molar-refractivity contribution in [2.75, 3.05) is 25.1 Å². The fraction of sp³-hybridized carbons (Fsp3) is 0.458. The van der Waals surface area contributed by atoms with Gasteiger partial charge in [-0.25, -0.2) is 0 Å². The van der Waals surface area contributed by atoms with Crippen LogP contribution in [-0.2, 0) is 17.8 Å². The van der Waals surface area contributed by atoms with Gasteiger partial charge >= 0.3 is 6.18 Å². The van der Waals surface area contributed by atoms with Gasteiger partial charge in [0.1, 0.15) is 12.3 Å². The van der Waals surface area contributed by atoms with Crippen LogP contribution in [0.1, 0.15) is 42.0 Å². The first kappa shape index (κ1) is 22.6. The predicted octanol–water partition coefficient (Wildman–Crippen LogP) is 4.12. The van der Waals surface area contributed by atoms with Crippen LogP contribution in [0, 0.1) is 0 Å². The van der Waals surface area contributed by atoms with E-state index in [1.807, 2.05) is 18.2 Å². The van der Waals surface area contributed by atoms with Gasteiger partial charge in [0, 0.05) is 36.3 Å². The number of halogens is 3. The van der Waals surface area contributed by atoms with E-state index >= 15 is 0 Å². The Labute approximate surface area is 185 Å². The lowest BCUT2D eigenvalue weighted by Crippen LogP contribution is -2.45. The molecule has 2 heterocycles. The van der Waals surface area contributed by atoms with Crippen molar-refractivity contribution in [2.45, 2.75) is 50.5 Å². The molecule has 172 valence electrons. The van der Waals surface area contributed by atoms with Gasteiger partial charge in [-0.1, -0.05) is 30.3 Å². The molecule has 0 aliphatic carbocycles. The molecule has 0 radical (unpaired) electrons. The average molecular weight is 448 g/mol. The Morgan fingerprint density at radius 1 is 1.19 bits per heavy atom. The van der Waals surface area contributed by atoms with Crippen LogP contribution in [0.3, 0.4) is 0 Å². The highest BCUT2D eigenvalue weighted by Gasteiger charge is 2.36. The third kappa shape index (κ3) is 5.07. The van der Waals surface area contributed by atoms with Crippen LogP contribution >= 0.6 is 0 Å². The van der Waals surface area contributed by atoms with E-state index in [1.54, 1.807) is 19.2 Å². The number of rotatable bonds is 6. The summed E-state index contributed by atoms with van der Waals surface area (Å²) in [6.45, 7) is 0.0925. The first-order chi connectivity index (χ1) is 15.4. The van der Waals surface area contributed by atoms with Crippen LogP contribution in [0.5, 0.6) is 5.75 Å². The number of anilines is 1. The quantitative estimate of drug-likeness (QED) is 0.700. The summed E-state index contributed by atoms with van der Waals surface area (Å²) in [6, 6.07) is 14.0. The summed E-state index contributed by atoms with van der Waals surface area (Å²) in [4.78, 5) is 13.1. The van der Waals surface area contributed by atoms with E-state index in [0.717, 1.165) is 29.8 Å². The van der Waals surface area contributed by atoms with Gasteiger partial charge in [-0.15, -0.1) is 0 Å². The number of hydrogen-bond donors (Lipinski definition) is 2. The molecule has 32 heavy (non-hydrogen) atoms. The predicted molar refractivity (Wildman–Crippen MR) is 117 cm³/mol. The van der Waals surface area contributed by atoms with Crippen molar-refractivity contribution in [3.8, 4) is 5.75 Å². The van der Waals surface area contributed by atoms with Gasteiger partial charge in [-0.2, -0.15) is 13.2 Å². The number of carbonyl (C=O) groups is 1. The Bertz CT molecular complexity index is 949. The number of hydrogen-bond acceptors (Lipinski definition) is 4. The monoisotopic (exact) mass is 447 g/mol. The highest BCUT2D eigenvalue weighted by Crippen LogP contribution is 2.36. The summed E-state index contributed by atoms with van der Waals surface area (Å²) in [7, 11) is 1.56. The molecule has 2 N–H and O–H groups in total. The molecule has 8 heteroatoms. The van der Waals surface area contributed by atoms with Gasteiger partial charge in [-0.05, 0) is 49.1 Å². The van der Waals surface area contributed by atoms with Crippen LogP contribution in [-0.4, -0.2) is 38.3 Å². The summed E-state index contributed by atoms with van der Waals surface area (Å²) in [6.07, 6.45) is -1.96. The SMILES string of the molecule is COc1cc2c(cc1CN[C@H]1CCCN[C@H]1c1ccccc1)N(CC(F)(F)F)C(=O)CC2. The molecule has 2 aromatic rings. The molecular weight excluding hydrogens is 419 g/mol. The van der Waals surface area contributed by atoms with E-state index in [-0.39, 0.29) is 18.5 Å². The Morgan fingerprint density at radius 3 is 2.69 bits per heavy atom. The maximum absolute atomic E-state index is 13.1. The Hall–Kier alpha value is -2.58. The zero-order valence-electron chi connectivity index (χ0n) is 18.0. The van der Waals surface area contributed by atoms with Gasteiger partial charge in [0.25, 0.3) is 0 Å². The van der Waals surface area contributed by atoms with Crippen molar-refractivity contribution in [2.24, 2.45) is 0 Å². The number of aryl methyl sites for hydroxylation is 1. The summed E-state index contributed by atoms with van der Waals surface area (Å²) < 4.78 is 44.9. The van der Waals surface area contributed by atoms with Crippen molar-refractivity contribution in [3.05, 3.63) is 59.2 Å². The summed E-state index contributed by atoms with van der Waals surface area (Å²) in [5, 5.41) is 7.14. The van der Waals surface area contributed by atoms with Gasteiger partial charge in [0.05, 0.1) is 7.11 Å². The van der Waals surface area contributed by atoms with E-state index in [4.69, 9.17) is 4.74 Å². The Balaban J connectivity index is 1.57. The first-order valence-corrected chi connectivity index (χ1v) is 10.9. The topological polar surface area (TPSA) is 53.6 Å². The van der Waals surface area contributed by atoms with Crippen molar-refractivity contribution in [1.29, 1.82) is 0 Å². The number of benzene rings is 2. The highest BCUT2D eigenvalue weighted by atomic mass is 19.4. The molecule has 2 aromatic carbocycles. The number of fused-ring (bicyclic) bond motifs is 1. The van der Waals surface area contributed by atoms with Gasteiger partial charge < -0.3 is 20.3 Å². The maximum Gasteiger partial charge on any atom is 0.406 e. The molecule has 2 aliphatic heterocycles. The normalized spacial score (nSPS) is 21.4. The fourth-order valence-electron chi connectivity index (χ4n) is 4.66. The van der Waals surface area contributed by atoms with Gasteiger partial charge in [0.15, 0.2) is 0 Å². The lowest BCUT2D eigenvalue weighted by molar-refractivity contribution is -0.132. The number of amides is 1. The number of nitrogens with one attached hydrogen (secondary N) is 2. The minimum absolute atomic E-state index is 0.0658. The lowest BCUT2D eigenvalue weighted by Gasteiger charge is -2.34. The van der Waals surface area contributed by atoms with E-state index in [9.17, 15) is 18.0 Å². The van der Waals surface area contributed by atoms with E-state index in [0.29, 0.717) is 30.0 Å². The second-order valence-corrected chi connectivity index (χ2v) is 8.36. The van der Waals surface area contributed by atoms with Crippen LogP contribution in [0.4, 0.5) is 18.9 Å². The standard InChI is InChI=1S/C24H28F3N3O2/c1-32-21-13-17-9-10-22(31)30(15-24(25,26)27)20(17)12-18(21)14-29-19-8-5-11-28-23(19)16-6-3-2-4-7-16/h2-4,6-7,12-13,19,23,28-29H,5,8-11,14-15H2,1H3/t19-,23-/m0/s1. The van der Waals surface area contributed by atoms with Crippen molar-refractivity contribution in [3.63, 3.8) is 0 Å². The number of methoxy groups -OCH3 is 1. The minimum Gasteiger partial charge on any atom is -0.496 e. The zero-order valence-corrected chi connectivity index (χ0v) is 18.0. The summed E-state index contributed by atoms with van der Waals surface area (Å²) in [5.74, 6) is 0.122. The minimum atomic E-state index is -4.46. The molecule has 5 nitrogen and oxygen atoms in total. The summed E-state index contributed by atoms with van der Waals surface area (Å²) >= 11 is 0.